The van der Waals surface area contributed by atoms with Crippen LogP contribution in [0.1, 0.15) is 36.0 Å². The molecule has 1 saturated carbocycles. The fourth-order valence-corrected chi connectivity index (χ4v) is 3.08. The van der Waals surface area contributed by atoms with E-state index in [1.165, 1.54) is 17.7 Å². The maximum absolute atomic E-state index is 12.2. The van der Waals surface area contributed by atoms with Crippen LogP contribution in [-0.2, 0) is 0 Å². The number of hydrogen-bond acceptors (Lipinski definition) is 3. The zero-order chi connectivity index (χ0) is 13.7. The largest absolute Gasteiger partial charge is 0.349 e. The quantitative estimate of drug-likeness (QED) is 0.840. The molecule has 2 atom stereocenters. The summed E-state index contributed by atoms with van der Waals surface area (Å²) in [6.45, 7) is 0.663. The molecule has 2 unspecified atom stereocenters. The van der Waals surface area contributed by atoms with Crippen LogP contribution in [0.4, 0.5) is 0 Å². The summed E-state index contributed by atoms with van der Waals surface area (Å²) in [6.07, 6.45) is 6.63. The van der Waals surface area contributed by atoms with Gasteiger partial charge in [-0.25, -0.2) is 0 Å². The van der Waals surface area contributed by atoms with Gasteiger partial charge in [-0.2, -0.15) is 0 Å². The second kappa shape index (κ2) is 8.55. The smallest absolute Gasteiger partial charge is 0.251 e. The molecule has 2 rings (SSSR count). The molecule has 1 aromatic rings. The molecule has 0 aliphatic heterocycles. The van der Waals surface area contributed by atoms with Gasteiger partial charge in [0.1, 0.15) is 0 Å². The minimum Gasteiger partial charge on any atom is -0.349 e. The Kier molecular flexibility index (Phi) is 7.41. The Balaban J connectivity index is 0.00000200. The molecule has 1 aliphatic carbocycles. The molecule has 3 nitrogen and oxygen atoms in total. The fourth-order valence-electron chi connectivity index (χ4n) is 2.67. The van der Waals surface area contributed by atoms with E-state index in [1.54, 1.807) is 11.8 Å². The molecule has 1 fully saturated rings. The second-order valence-corrected chi connectivity index (χ2v) is 5.97. The highest BCUT2D eigenvalue weighted by atomic mass is 35.5. The highest BCUT2D eigenvalue weighted by Crippen LogP contribution is 2.24. The zero-order valence-electron chi connectivity index (χ0n) is 11.8. The van der Waals surface area contributed by atoms with E-state index in [9.17, 15) is 4.79 Å². The molecule has 0 bridgehead atoms. The first kappa shape index (κ1) is 17.3. The summed E-state index contributed by atoms with van der Waals surface area (Å²) in [4.78, 5) is 13.4. The van der Waals surface area contributed by atoms with Crippen LogP contribution in [0.5, 0.6) is 0 Å². The van der Waals surface area contributed by atoms with Gasteiger partial charge in [0.05, 0.1) is 0 Å². The normalized spacial score (nSPS) is 21.9. The van der Waals surface area contributed by atoms with E-state index >= 15 is 0 Å². The van der Waals surface area contributed by atoms with Crippen molar-refractivity contribution in [1.29, 1.82) is 0 Å². The van der Waals surface area contributed by atoms with Gasteiger partial charge in [0, 0.05) is 16.5 Å². The molecule has 1 aromatic carbocycles. The van der Waals surface area contributed by atoms with Gasteiger partial charge < -0.3 is 11.1 Å². The Labute approximate surface area is 131 Å². The van der Waals surface area contributed by atoms with Gasteiger partial charge in [-0.1, -0.05) is 12.8 Å². The lowest BCUT2D eigenvalue weighted by molar-refractivity contribution is 0.0908. The highest BCUT2D eigenvalue weighted by Gasteiger charge is 2.25. The summed E-state index contributed by atoms with van der Waals surface area (Å²) < 4.78 is 0. The maximum Gasteiger partial charge on any atom is 0.251 e. The standard InChI is InChI=1S/C15H22N2OS.ClH/c1-19-13-8-6-11(7-9-13)15(18)17-14-5-3-2-4-12(14)10-16;/h6-9,12,14H,2-5,10,16H2,1H3,(H,17,18);1H. The minimum absolute atomic E-state index is 0. The first-order valence-electron chi connectivity index (χ1n) is 6.89. The number of thioether (sulfide) groups is 1. The van der Waals surface area contributed by atoms with E-state index < -0.39 is 0 Å². The molecule has 0 spiro atoms. The Morgan fingerprint density at radius 1 is 1.30 bits per heavy atom. The van der Waals surface area contributed by atoms with Gasteiger partial charge in [0.15, 0.2) is 0 Å². The van der Waals surface area contributed by atoms with Crippen LogP contribution in [-0.4, -0.2) is 24.7 Å². The number of hydrogen-bond donors (Lipinski definition) is 2. The number of amides is 1. The third-order valence-electron chi connectivity index (χ3n) is 3.88. The Morgan fingerprint density at radius 2 is 1.95 bits per heavy atom. The second-order valence-electron chi connectivity index (χ2n) is 5.09. The fraction of sp³-hybridized carbons (Fsp3) is 0.533. The molecule has 0 radical (unpaired) electrons. The average molecular weight is 315 g/mol. The molecule has 1 amide bonds. The van der Waals surface area contributed by atoms with Gasteiger partial charge >= 0.3 is 0 Å². The number of benzene rings is 1. The summed E-state index contributed by atoms with van der Waals surface area (Å²) in [7, 11) is 0. The lowest BCUT2D eigenvalue weighted by Gasteiger charge is -2.31. The van der Waals surface area contributed by atoms with Crippen molar-refractivity contribution >= 4 is 30.1 Å². The third-order valence-corrected chi connectivity index (χ3v) is 4.62. The number of nitrogens with one attached hydrogen (secondary N) is 1. The van der Waals surface area contributed by atoms with Gasteiger partial charge in [0.25, 0.3) is 5.91 Å². The number of carbonyl (C=O) groups is 1. The van der Waals surface area contributed by atoms with Gasteiger partial charge in [0.2, 0.25) is 0 Å². The SMILES string of the molecule is CSc1ccc(C(=O)NC2CCCCC2CN)cc1.Cl. The molecule has 0 aromatic heterocycles. The molecular formula is C15H23ClN2OS. The number of rotatable bonds is 4. The summed E-state index contributed by atoms with van der Waals surface area (Å²) in [6, 6.07) is 8.00. The number of nitrogens with two attached hydrogens (primary N) is 1. The van der Waals surface area contributed by atoms with Crippen molar-refractivity contribution in [3.05, 3.63) is 29.8 Å². The van der Waals surface area contributed by atoms with Crippen molar-refractivity contribution in [2.24, 2.45) is 11.7 Å². The minimum atomic E-state index is 0. The lowest BCUT2D eigenvalue weighted by atomic mass is 9.84. The van der Waals surface area contributed by atoms with Crippen molar-refractivity contribution in [2.45, 2.75) is 36.6 Å². The van der Waals surface area contributed by atoms with Crippen LogP contribution >= 0.6 is 24.2 Å². The summed E-state index contributed by atoms with van der Waals surface area (Å²) >= 11 is 1.68. The monoisotopic (exact) mass is 314 g/mol. The van der Waals surface area contributed by atoms with Crippen LogP contribution in [0.15, 0.2) is 29.2 Å². The van der Waals surface area contributed by atoms with Crippen LogP contribution < -0.4 is 11.1 Å². The first-order valence-corrected chi connectivity index (χ1v) is 8.12. The molecule has 0 heterocycles. The van der Waals surface area contributed by atoms with Crippen molar-refractivity contribution < 1.29 is 4.79 Å². The first-order chi connectivity index (χ1) is 9.24. The van der Waals surface area contributed by atoms with Crippen molar-refractivity contribution in [2.75, 3.05) is 12.8 Å². The number of halogens is 1. The van der Waals surface area contributed by atoms with Crippen LogP contribution in [0.3, 0.4) is 0 Å². The molecule has 20 heavy (non-hydrogen) atoms. The molecular weight excluding hydrogens is 292 g/mol. The van der Waals surface area contributed by atoms with E-state index in [1.807, 2.05) is 30.5 Å². The molecule has 5 heteroatoms. The molecule has 112 valence electrons. The Hall–Kier alpha value is -0.710. The van der Waals surface area contributed by atoms with Gasteiger partial charge in [-0.15, -0.1) is 24.2 Å². The van der Waals surface area contributed by atoms with Crippen LogP contribution in [0.25, 0.3) is 0 Å². The topological polar surface area (TPSA) is 55.1 Å². The van der Waals surface area contributed by atoms with Crippen molar-refractivity contribution in [3.63, 3.8) is 0 Å². The Morgan fingerprint density at radius 3 is 2.55 bits per heavy atom. The predicted molar refractivity (Wildman–Crippen MR) is 87.7 cm³/mol. The van der Waals surface area contributed by atoms with Gasteiger partial charge in [-0.3, -0.25) is 4.79 Å². The van der Waals surface area contributed by atoms with E-state index in [0.717, 1.165) is 18.4 Å². The van der Waals surface area contributed by atoms with E-state index in [4.69, 9.17) is 5.73 Å². The van der Waals surface area contributed by atoms with E-state index in [0.29, 0.717) is 12.5 Å². The third kappa shape index (κ3) is 4.40. The van der Waals surface area contributed by atoms with Crippen molar-refractivity contribution in [1.82, 2.24) is 5.32 Å². The van der Waals surface area contributed by atoms with E-state index in [2.05, 4.69) is 5.32 Å². The van der Waals surface area contributed by atoms with Crippen molar-refractivity contribution in [3.8, 4) is 0 Å². The zero-order valence-corrected chi connectivity index (χ0v) is 13.4. The molecule has 0 saturated heterocycles. The molecule has 3 N–H and O–H groups in total. The predicted octanol–water partition coefficient (Wildman–Crippen LogP) is 3.08. The number of carbonyl (C=O) groups excluding carboxylic acids is 1. The summed E-state index contributed by atoms with van der Waals surface area (Å²) in [5.41, 5.74) is 6.53. The Bertz CT molecular complexity index is 424. The summed E-state index contributed by atoms with van der Waals surface area (Å²) in [5, 5.41) is 3.15. The van der Waals surface area contributed by atoms with Gasteiger partial charge in [-0.05, 0) is 55.8 Å². The van der Waals surface area contributed by atoms with Crippen LogP contribution in [0.2, 0.25) is 0 Å². The van der Waals surface area contributed by atoms with Crippen LogP contribution in [0, 0.1) is 5.92 Å². The summed E-state index contributed by atoms with van der Waals surface area (Å²) in [5.74, 6) is 0.459. The maximum atomic E-state index is 12.2. The highest BCUT2D eigenvalue weighted by molar-refractivity contribution is 7.98. The lowest BCUT2D eigenvalue weighted by Crippen LogP contribution is -2.44. The molecule has 1 aliphatic rings. The average Bonchev–Trinajstić information content (AvgIpc) is 2.48. The van der Waals surface area contributed by atoms with E-state index in [-0.39, 0.29) is 24.4 Å².